The van der Waals surface area contributed by atoms with Crippen molar-refractivity contribution >= 4 is 11.4 Å². The van der Waals surface area contributed by atoms with Crippen LogP contribution in [0.2, 0.25) is 0 Å². The first kappa shape index (κ1) is 18.4. The van der Waals surface area contributed by atoms with Gasteiger partial charge in [0.25, 0.3) is 0 Å². The molecule has 1 heterocycles. The minimum Gasteiger partial charge on any atom is -0.388 e. The normalized spacial score (nSPS) is 15.9. The zero-order chi connectivity index (χ0) is 19.8. The van der Waals surface area contributed by atoms with Crippen LogP contribution < -0.4 is 5.32 Å². The predicted molar refractivity (Wildman–Crippen MR) is 96.8 cm³/mol. The molecule has 9 heteroatoms. The molecule has 1 aromatic heterocycles. The van der Waals surface area contributed by atoms with Crippen molar-refractivity contribution in [1.82, 2.24) is 20.2 Å². The fourth-order valence-electron chi connectivity index (χ4n) is 3.11. The van der Waals surface area contributed by atoms with Gasteiger partial charge in [0.05, 0.1) is 17.7 Å². The van der Waals surface area contributed by atoms with Crippen LogP contribution in [0.3, 0.4) is 0 Å². The Hall–Kier alpha value is -2.94. The van der Waals surface area contributed by atoms with Crippen LogP contribution in [0.5, 0.6) is 0 Å². The number of halogens is 3. The molecule has 0 radical (unpaired) electrons. The second-order valence-corrected chi connectivity index (χ2v) is 6.97. The maximum atomic E-state index is 12.7. The maximum Gasteiger partial charge on any atom is 0.416 e. The van der Waals surface area contributed by atoms with E-state index in [2.05, 4.69) is 20.7 Å². The van der Waals surface area contributed by atoms with Crippen LogP contribution in [-0.4, -0.2) is 30.9 Å². The van der Waals surface area contributed by atoms with Crippen molar-refractivity contribution in [1.29, 1.82) is 0 Å². The van der Waals surface area contributed by atoms with Gasteiger partial charge in [-0.2, -0.15) is 18.0 Å². The largest absolute Gasteiger partial charge is 0.416 e. The minimum atomic E-state index is -4.37. The molecule has 1 aliphatic carbocycles. The molecule has 1 saturated carbocycles. The van der Waals surface area contributed by atoms with Crippen LogP contribution in [-0.2, 0) is 12.7 Å². The van der Waals surface area contributed by atoms with Crippen molar-refractivity contribution < 1.29 is 18.3 Å². The fourth-order valence-corrected chi connectivity index (χ4v) is 3.11. The number of anilines is 2. The third kappa shape index (κ3) is 3.84. The molecule has 6 nitrogen and oxygen atoms in total. The van der Waals surface area contributed by atoms with Crippen molar-refractivity contribution in [3.8, 4) is 11.4 Å². The molecule has 0 amide bonds. The first-order valence-corrected chi connectivity index (χ1v) is 8.86. The molecule has 3 aromatic rings. The van der Waals surface area contributed by atoms with Gasteiger partial charge in [-0.05, 0) is 60.9 Å². The number of aromatic nitrogens is 4. The molecule has 0 spiro atoms. The summed E-state index contributed by atoms with van der Waals surface area (Å²) >= 11 is 0. The Balaban J connectivity index is 1.55. The number of hydrogen-bond donors (Lipinski definition) is 2. The van der Waals surface area contributed by atoms with Crippen molar-refractivity contribution in [2.24, 2.45) is 0 Å². The molecule has 4 rings (SSSR count). The number of para-hydroxylation sites is 1. The number of tetrazole rings is 1. The number of rotatable bonds is 5. The van der Waals surface area contributed by atoms with Crippen LogP contribution in [0.4, 0.5) is 24.5 Å². The molecular formula is C19H18F3N5O. The quantitative estimate of drug-likeness (QED) is 0.689. The molecule has 28 heavy (non-hydrogen) atoms. The minimum absolute atomic E-state index is 0.286. The molecule has 0 saturated heterocycles. The zero-order valence-electron chi connectivity index (χ0n) is 14.8. The Morgan fingerprint density at radius 1 is 1.07 bits per heavy atom. The van der Waals surface area contributed by atoms with E-state index < -0.39 is 17.3 Å². The van der Waals surface area contributed by atoms with Crippen molar-refractivity contribution in [2.45, 2.75) is 37.6 Å². The van der Waals surface area contributed by atoms with E-state index in [1.54, 1.807) is 18.2 Å². The molecule has 0 unspecified atom stereocenters. The Labute approximate surface area is 159 Å². The molecule has 1 fully saturated rings. The summed E-state index contributed by atoms with van der Waals surface area (Å²) in [7, 11) is 0. The third-order valence-electron chi connectivity index (χ3n) is 4.83. The van der Waals surface area contributed by atoms with Crippen LogP contribution >= 0.6 is 0 Å². The molecule has 1 aliphatic rings. The van der Waals surface area contributed by atoms with Gasteiger partial charge >= 0.3 is 6.18 Å². The first-order chi connectivity index (χ1) is 13.3. The number of nitrogens with one attached hydrogen (secondary N) is 1. The van der Waals surface area contributed by atoms with Gasteiger partial charge in [0.1, 0.15) is 0 Å². The van der Waals surface area contributed by atoms with Crippen molar-refractivity contribution in [2.75, 3.05) is 5.32 Å². The Morgan fingerprint density at radius 2 is 1.79 bits per heavy atom. The number of hydrogen-bond acceptors (Lipinski definition) is 5. The summed E-state index contributed by atoms with van der Waals surface area (Å²) in [5.41, 5.74) is 0.343. The highest BCUT2D eigenvalue weighted by Crippen LogP contribution is 2.34. The molecular weight excluding hydrogens is 371 g/mol. The molecule has 146 valence electrons. The summed E-state index contributed by atoms with van der Waals surface area (Å²) in [6, 6.07) is 12.0. The highest BCUT2D eigenvalue weighted by Gasteiger charge is 2.35. The zero-order valence-corrected chi connectivity index (χ0v) is 14.8. The molecule has 0 bridgehead atoms. The van der Waals surface area contributed by atoms with E-state index in [9.17, 15) is 18.3 Å². The monoisotopic (exact) mass is 389 g/mol. The Morgan fingerprint density at radius 3 is 2.43 bits per heavy atom. The number of benzene rings is 2. The van der Waals surface area contributed by atoms with E-state index in [0.717, 1.165) is 31.4 Å². The molecule has 0 aliphatic heterocycles. The van der Waals surface area contributed by atoms with Crippen LogP contribution in [0.25, 0.3) is 11.4 Å². The number of aliphatic hydroxyl groups is 1. The van der Waals surface area contributed by atoms with E-state index in [1.165, 1.54) is 16.9 Å². The van der Waals surface area contributed by atoms with E-state index in [1.807, 2.05) is 6.07 Å². The lowest BCUT2D eigenvalue weighted by Crippen LogP contribution is -2.41. The summed E-state index contributed by atoms with van der Waals surface area (Å²) in [6.07, 6.45) is -1.95. The average Bonchev–Trinajstić information content (AvgIpc) is 3.09. The van der Waals surface area contributed by atoms with E-state index in [4.69, 9.17) is 0 Å². The van der Waals surface area contributed by atoms with Gasteiger partial charge in [0, 0.05) is 16.9 Å². The highest BCUT2D eigenvalue weighted by molar-refractivity contribution is 5.77. The lowest BCUT2D eigenvalue weighted by Gasteiger charge is -2.35. The van der Waals surface area contributed by atoms with E-state index >= 15 is 0 Å². The second kappa shape index (κ2) is 6.90. The number of alkyl halides is 3. The van der Waals surface area contributed by atoms with Crippen LogP contribution in [0.15, 0.2) is 48.5 Å². The van der Waals surface area contributed by atoms with E-state index in [0.29, 0.717) is 22.8 Å². The van der Waals surface area contributed by atoms with Gasteiger partial charge in [0.2, 0.25) is 5.82 Å². The standard InChI is InChI=1S/C19H18F3N5O/c20-19(21,22)13-6-8-14(9-7-13)23-16-5-2-1-4-15(16)17-24-26-27(25-17)12-18(28)10-3-11-18/h1-2,4-9,23,28H,3,10-12H2. The molecule has 2 aromatic carbocycles. The van der Waals surface area contributed by atoms with Gasteiger partial charge in [0.15, 0.2) is 0 Å². The van der Waals surface area contributed by atoms with Crippen LogP contribution in [0, 0.1) is 0 Å². The smallest absolute Gasteiger partial charge is 0.388 e. The number of nitrogens with zero attached hydrogens (tertiary/aromatic N) is 4. The Bertz CT molecular complexity index is 964. The SMILES string of the molecule is OC1(Cn2nnc(-c3ccccc3Nc3ccc(C(F)(F)F)cc3)n2)CCC1. The van der Waals surface area contributed by atoms with Gasteiger partial charge in [-0.15, -0.1) is 10.2 Å². The van der Waals surface area contributed by atoms with Gasteiger partial charge in [-0.1, -0.05) is 12.1 Å². The third-order valence-corrected chi connectivity index (χ3v) is 4.83. The predicted octanol–water partition coefficient (Wildman–Crippen LogP) is 4.02. The van der Waals surface area contributed by atoms with Crippen LogP contribution in [0.1, 0.15) is 24.8 Å². The highest BCUT2D eigenvalue weighted by atomic mass is 19.4. The summed E-state index contributed by atoms with van der Waals surface area (Å²) < 4.78 is 38.2. The summed E-state index contributed by atoms with van der Waals surface area (Å²) in [4.78, 5) is 1.38. The maximum absolute atomic E-state index is 12.7. The summed E-state index contributed by atoms with van der Waals surface area (Å²) in [6.45, 7) is 0.286. The first-order valence-electron chi connectivity index (χ1n) is 8.86. The van der Waals surface area contributed by atoms with Crippen molar-refractivity contribution in [3.63, 3.8) is 0 Å². The fraction of sp³-hybridized carbons (Fsp3) is 0.316. The topological polar surface area (TPSA) is 75.9 Å². The summed E-state index contributed by atoms with van der Waals surface area (Å²) in [5, 5.41) is 25.8. The summed E-state index contributed by atoms with van der Waals surface area (Å²) in [5.74, 6) is 0.373. The van der Waals surface area contributed by atoms with Crippen molar-refractivity contribution in [3.05, 3.63) is 54.1 Å². The van der Waals surface area contributed by atoms with Gasteiger partial charge < -0.3 is 10.4 Å². The Kier molecular flexibility index (Phi) is 4.54. The van der Waals surface area contributed by atoms with E-state index in [-0.39, 0.29) is 6.54 Å². The average molecular weight is 389 g/mol. The van der Waals surface area contributed by atoms with Gasteiger partial charge in [-0.3, -0.25) is 0 Å². The van der Waals surface area contributed by atoms with Gasteiger partial charge in [-0.25, -0.2) is 0 Å². The second-order valence-electron chi connectivity index (χ2n) is 6.97. The molecule has 0 atom stereocenters. The lowest BCUT2D eigenvalue weighted by atomic mass is 9.80. The lowest BCUT2D eigenvalue weighted by molar-refractivity contribution is -0.137. The molecule has 2 N–H and O–H groups in total.